The molecule has 0 spiro atoms. The summed E-state index contributed by atoms with van der Waals surface area (Å²) in [6, 6.07) is 43.4. The molecule has 0 fully saturated rings. The molecule has 4 N–H and O–H groups in total. The zero-order chi connectivity index (χ0) is 55.8. The first-order chi connectivity index (χ1) is 36.9. The second-order valence-corrected chi connectivity index (χ2v) is 19.7. The molecule has 0 aliphatic heterocycles. The molecular weight excluding hydrogens is 985 g/mol. The standard InChI is InChI=1S/C31H33N3O4.C17H19NO2.C14H16N2O3.CH4/c1-20(2)16-28(34-19-32-26-15-8-7-14-25(26)31(34)37)30(36)33-27(18-29(35)38-4)23-12-9-11-22(17-23)24-13-6-5-10-21(24)3;1-12-6-3-4-9-15(12)13-7-5-8-14(10-13)16(18)11-17(19)20-2;1-9(2)7-12(14(18)19)16-8-15-11-6-4-3-5-10(11)13(16)17;/h5-15,17,19-20,27-28H,16,18H2,1-4H3,(H,33,36);3-10,16H,11,18H2,1-2H3;3-6,8-9,12H,7H2,1-2H3,(H,18,19);1H4/t27-,28-;16-;12-;/m000./s1. The Morgan fingerprint density at radius 3 is 1.47 bits per heavy atom. The van der Waals surface area contributed by atoms with Gasteiger partial charge in [0.15, 0.2) is 0 Å². The van der Waals surface area contributed by atoms with Gasteiger partial charge in [-0.1, -0.05) is 144 Å². The lowest BCUT2D eigenvalue weighted by molar-refractivity contribution is -0.142. The molecule has 6 aromatic carbocycles. The van der Waals surface area contributed by atoms with Crippen LogP contribution in [0.5, 0.6) is 0 Å². The van der Waals surface area contributed by atoms with E-state index in [2.05, 4.69) is 45.1 Å². The summed E-state index contributed by atoms with van der Waals surface area (Å²) < 4.78 is 12.2. The number of para-hydroxylation sites is 2. The minimum atomic E-state index is -1.01. The topological polar surface area (TPSA) is 215 Å². The van der Waals surface area contributed by atoms with Gasteiger partial charge in [0.25, 0.3) is 11.1 Å². The first kappa shape index (κ1) is 60.3. The third kappa shape index (κ3) is 15.8. The van der Waals surface area contributed by atoms with E-state index in [1.807, 2.05) is 120 Å². The van der Waals surface area contributed by atoms with Crippen LogP contribution in [-0.4, -0.2) is 62.2 Å². The normalized spacial score (nSPS) is 12.4. The number of nitrogens with two attached hydrogens (primary N) is 1. The lowest BCUT2D eigenvalue weighted by Gasteiger charge is -2.25. The predicted molar refractivity (Wildman–Crippen MR) is 308 cm³/mol. The maximum absolute atomic E-state index is 13.8. The monoisotopic (exact) mass is 1060 g/mol. The number of esters is 2. The summed E-state index contributed by atoms with van der Waals surface area (Å²) in [6.07, 6.45) is 3.74. The molecule has 1 amide bonds. The molecule has 15 heteroatoms. The number of amides is 1. The first-order valence-electron chi connectivity index (χ1n) is 25.6. The summed E-state index contributed by atoms with van der Waals surface area (Å²) in [7, 11) is 2.70. The number of ether oxygens (including phenoxy) is 2. The minimum absolute atomic E-state index is 0. The van der Waals surface area contributed by atoms with Crippen molar-refractivity contribution < 1.29 is 33.8 Å². The Bertz CT molecular complexity index is 3460. The number of carbonyl (C=O) groups excluding carboxylic acids is 3. The van der Waals surface area contributed by atoms with E-state index in [0.29, 0.717) is 34.6 Å². The van der Waals surface area contributed by atoms with Crippen molar-refractivity contribution in [2.45, 2.75) is 98.8 Å². The van der Waals surface area contributed by atoms with Crippen molar-refractivity contribution in [1.29, 1.82) is 0 Å². The van der Waals surface area contributed by atoms with Crippen LogP contribution < -0.4 is 22.2 Å². The Morgan fingerprint density at radius 1 is 0.577 bits per heavy atom. The number of nitrogens with one attached hydrogen (secondary N) is 1. The van der Waals surface area contributed by atoms with Crippen molar-refractivity contribution in [2.24, 2.45) is 17.6 Å². The van der Waals surface area contributed by atoms with E-state index in [-0.39, 0.29) is 61.1 Å². The average molecular weight is 1060 g/mol. The number of fused-ring (bicyclic) bond motifs is 2. The van der Waals surface area contributed by atoms with Gasteiger partial charge in [0, 0.05) is 6.04 Å². The maximum atomic E-state index is 13.8. The van der Waals surface area contributed by atoms with Crippen molar-refractivity contribution in [3.63, 3.8) is 0 Å². The van der Waals surface area contributed by atoms with Gasteiger partial charge in [-0.05, 0) is 119 Å². The molecule has 0 saturated heterocycles. The highest BCUT2D eigenvalue weighted by molar-refractivity contribution is 5.83. The van der Waals surface area contributed by atoms with E-state index in [9.17, 15) is 33.9 Å². The summed E-state index contributed by atoms with van der Waals surface area (Å²) in [6.45, 7) is 12.0. The summed E-state index contributed by atoms with van der Waals surface area (Å²) >= 11 is 0. The van der Waals surface area contributed by atoms with Gasteiger partial charge in [-0.2, -0.15) is 0 Å². The molecule has 15 nitrogen and oxygen atoms in total. The van der Waals surface area contributed by atoms with Gasteiger partial charge in [-0.15, -0.1) is 0 Å². The van der Waals surface area contributed by atoms with Crippen LogP contribution in [0.15, 0.2) is 168 Å². The molecule has 408 valence electrons. The number of methoxy groups -OCH3 is 2. The molecule has 0 unspecified atom stereocenters. The van der Waals surface area contributed by atoms with E-state index < -0.39 is 30.1 Å². The van der Waals surface area contributed by atoms with E-state index in [0.717, 1.165) is 33.4 Å². The summed E-state index contributed by atoms with van der Waals surface area (Å²) in [5.41, 5.74) is 15.0. The smallest absolute Gasteiger partial charge is 0.326 e. The molecule has 0 saturated carbocycles. The van der Waals surface area contributed by atoms with Crippen LogP contribution in [0.3, 0.4) is 0 Å². The van der Waals surface area contributed by atoms with Crippen LogP contribution in [-0.2, 0) is 28.7 Å². The molecule has 2 heterocycles. The van der Waals surface area contributed by atoms with Gasteiger partial charge in [0.05, 0.1) is 67.6 Å². The predicted octanol–water partition coefficient (Wildman–Crippen LogP) is 11.3. The van der Waals surface area contributed by atoms with Gasteiger partial charge < -0.3 is 25.6 Å². The van der Waals surface area contributed by atoms with E-state index in [1.54, 1.807) is 42.5 Å². The molecule has 8 aromatic rings. The van der Waals surface area contributed by atoms with E-state index in [1.165, 1.54) is 47.1 Å². The molecular formula is C63H72N6O9. The molecule has 0 radical (unpaired) electrons. The molecule has 8 rings (SSSR count). The van der Waals surface area contributed by atoms with E-state index in [4.69, 9.17) is 10.5 Å². The molecule has 0 aliphatic rings. The van der Waals surface area contributed by atoms with Gasteiger partial charge in [0.2, 0.25) is 5.91 Å². The van der Waals surface area contributed by atoms with Crippen molar-refractivity contribution in [3.05, 3.63) is 201 Å². The Kier molecular flexibility index (Phi) is 22.1. The summed E-state index contributed by atoms with van der Waals surface area (Å²) in [4.78, 5) is 83.0. The third-order valence-corrected chi connectivity index (χ3v) is 13.1. The highest BCUT2D eigenvalue weighted by Crippen LogP contribution is 2.30. The largest absolute Gasteiger partial charge is 0.480 e. The lowest BCUT2D eigenvalue weighted by atomic mass is 9.95. The number of carboxylic acids is 1. The Morgan fingerprint density at radius 2 is 1.00 bits per heavy atom. The number of aliphatic carboxylic acids is 1. The lowest BCUT2D eigenvalue weighted by Crippen LogP contribution is -2.40. The average Bonchev–Trinajstić information content (AvgIpc) is 3.45. The zero-order valence-corrected chi connectivity index (χ0v) is 44.9. The second kappa shape index (κ2) is 28.5. The molecule has 0 bridgehead atoms. The molecule has 2 aromatic heterocycles. The minimum Gasteiger partial charge on any atom is -0.480 e. The maximum Gasteiger partial charge on any atom is 0.326 e. The van der Waals surface area contributed by atoms with Gasteiger partial charge in [0.1, 0.15) is 12.1 Å². The fourth-order valence-electron chi connectivity index (χ4n) is 8.99. The summed E-state index contributed by atoms with van der Waals surface area (Å²) in [5, 5.41) is 13.2. The SMILES string of the molecule is C.CC(C)C[C@@H](C(=O)O)n1cnc2ccccc2c1=O.COC(=O)C[C@H](N)c1cccc(-c2ccccc2C)c1.COC(=O)C[C@H](NC(=O)[C@H](CC(C)C)n1cnc2ccccc2c1=O)c1cccc(-c2ccccc2C)c1. The fraction of sp³-hybridized carbons (Fsp3) is 0.302. The second-order valence-electron chi connectivity index (χ2n) is 19.7. The first-order valence-corrected chi connectivity index (χ1v) is 25.6. The number of benzene rings is 6. The van der Waals surface area contributed by atoms with Crippen LogP contribution in [0.1, 0.15) is 107 Å². The molecule has 0 aliphatic carbocycles. The number of aromatic nitrogens is 4. The highest BCUT2D eigenvalue weighted by atomic mass is 16.5. The number of carbonyl (C=O) groups is 4. The van der Waals surface area contributed by atoms with Gasteiger partial charge in [-0.3, -0.25) is 33.1 Å². The Balaban J connectivity index is 0.000000236. The number of rotatable bonds is 17. The number of nitrogens with zero attached hydrogens (tertiary/aromatic N) is 4. The Labute approximate surface area is 456 Å². The van der Waals surface area contributed by atoms with Crippen LogP contribution in [0, 0.1) is 25.7 Å². The van der Waals surface area contributed by atoms with Crippen LogP contribution in [0.25, 0.3) is 44.1 Å². The molecule has 78 heavy (non-hydrogen) atoms. The fourth-order valence-corrected chi connectivity index (χ4v) is 8.99. The quantitative estimate of drug-likeness (QED) is 0.0726. The van der Waals surface area contributed by atoms with Gasteiger partial charge >= 0.3 is 17.9 Å². The Hall–Kier alpha value is -8.56. The van der Waals surface area contributed by atoms with Crippen LogP contribution >= 0.6 is 0 Å². The highest BCUT2D eigenvalue weighted by Gasteiger charge is 2.28. The van der Waals surface area contributed by atoms with Crippen LogP contribution in [0.2, 0.25) is 0 Å². The van der Waals surface area contributed by atoms with Crippen LogP contribution in [0.4, 0.5) is 0 Å². The number of carboxylic acid groups (broad SMARTS) is 1. The number of aryl methyl sites for hydroxylation is 2. The van der Waals surface area contributed by atoms with Gasteiger partial charge in [-0.25, -0.2) is 14.8 Å². The zero-order valence-electron chi connectivity index (χ0n) is 44.9. The number of hydrogen-bond acceptors (Lipinski definition) is 11. The van der Waals surface area contributed by atoms with Crippen molar-refractivity contribution in [1.82, 2.24) is 24.4 Å². The van der Waals surface area contributed by atoms with E-state index >= 15 is 0 Å². The summed E-state index contributed by atoms with van der Waals surface area (Å²) in [5.74, 6) is -1.78. The number of hydrogen-bond donors (Lipinski definition) is 3. The third-order valence-electron chi connectivity index (χ3n) is 13.1. The molecule has 4 atom stereocenters. The van der Waals surface area contributed by atoms with Crippen molar-refractivity contribution in [2.75, 3.05) is 14.2 Å². The van der Waals surface area contributed by atoms with Crippen molar-refractivity contribution >= 4 is 45.6 Å². The van der Waals surface area contributed by atoms with Crippen molar-refractivity contribution in [3.8, 4) is 22.3 Å².